The van der Waals surface area contributed by atoms with Crippen LogP contribution in [-0.2, 0) is 0 Å². The normalized spacial score (nSPS) is 16.6. The van der Waals surface area contributed by atoms with Gasteiger partial charge in [-0.3, -0.25) is 9.89 Å². The molecule has 1 aromatic heterocycles. The van der Waals surface area contributed by atoms with Crippen molar-refractivity contribution in [3.05, 3.63) is 11.9 Å². The molecule has 2 rings (SSSR count). The smallest absolute Gasteiger partial charge is 0.274 e. The summed E-state index contributed by atoms with van der Waals surface area (Å²) in [6.45, 7) is 0. The molecule has 0 spiro atoms. The maximum absolute atomic E-state index is 11.8. The lowest BCUT2D eigenvalue weighted by Crippen LogP contribution is -2.33. The number of hydrogen-bond donors (Lipinski definition) is 3. The number of nitrogens with one attached hydrogen (secondary N) is 3. The Morgan fingerprint density at radius 2 is 2.27 bits per heavy atom. The summed E-state index contributed by atoms with van der Waals surface area (Å²) in [5, 5.41) is 12.5. The fraction of sp³-hybridized carbons (Fsp3) is 0.600. The maximum Gasteiger partial charge on any atom is 0.274 e. The summed E-state index contributed by atoms with van der Waals surface area (Å²) in [5.41, 5.74) is 1.19. The molecule has 1 saturated carbocycles. The molecule has 1 amide bonds. The Kier molecular flexibility index (Phi) is 2.89. The zero-order valence-corrected chi connectivity index (χ0v) is 8.84. The lowest BCUT2D eigenvalue weighted by Gasteiger charge is -2.10. The highest BCUT2D eigenvalue weighted by atomic mass is 16.2. The summed E-state index contributed by atoms with van der Waals surface area (Å²) in [7, 11) is 1.78. The highest BCUT2D eigenvalue weighted by Crippen LogP contribution is 2.19. The fourth-order valence-corrected chi connectivity index (χ4v) is 1.98. The van der Waals surface area contributed by atoms with Crippen LogP contribution in [0.5, 0.6) is 0 Å². The van der Waals surface area contributed by atoms with Crippen molar-refractivity contribution in [2.75, 3.05) is 12.4 Å². The first-order valence-electron chi connectivity index (χ1n) is 5.33. The first kappa shape index (κ1) is 10.0. The number of carbonyl (C=O) groups excluding carboxylic acids is 1. The number of aromatic nitrogens is 2. The predicted molar refractivity (Wildman–Crippen MR) is 57.9 cm³/mol. The number of carbonyl (C=O) groups is 1. The number of H-pyrrole nitrogens is 1. The molecule has 0 bridgehead atoms. The zero-order chi connectivity index (χ0) is 10.7. The molecule has 1 aliphatic rings. The third kappa shape index (κ3) is 2.11. The number of amides is 1. The second kappa shape index (κ2) is 4.33. The molecule has 1 heterocycles. The van der Waals surface area contributed by atoms with Gasteiger partial charge < -0.3 is 10.6 Å². The van der Waals surface area contributed by atoms with Gasteiger partial charge in [0.15, 0.2) is 5.69 Å². The van der Waals surface area contributed by atoms with Gasteiger partial charge in [0.1, 0.15) is 0 Å². The van der Waals surface area contributed by atoms with Crippen LogP contribution in [0.1, 0.15) is 36.2 Å². The Balaban J connectivity index is 2.00. The molecule has 5 nitrogen and oxygen atoms in total. The van der Waals surface area contributed by atoms with Crippen molar-refractivity contribution in [1.82, 2.24) is 15.5 Å². The summed E-state index contributed by atoms with van der Waals surface area (Å²) in [5.74, 6) is -0.0903. The van der Waals surface area contributed by atoms with Gasteiger partial charge in [0.05, 0.1) is 5.69 Å². The van der Waals surface area contributed by atoms with Crippen LogP contribution in [0.15, 0.2) is 6.20 Å². The molecule has 15 heavy (non-hydrogen) atoms. The van der Waals surface area contributed by atoms with E-state index in [1.807, 2.05) is 0 Å². The van der Waals surface area contributed by atoms with E-state index in [9.17, 15) is 4.79 Å². The zero-order valence-electron chi connectivity index (χ0n) is 8.84. The lowest BCUT2D eigenvalue weighted by atomic mass is 10.2. The van der Waals surface area contributed by atoms with E-state index >= 15 is 0 Å². The number of aromatic amines is 1. The Labute approximate surface area is 88.6 Å². The van der Waals surface area contributed by atoms with Crippen molar-refractivity contribution in [1.29, 1.82) is 0 Å². The van der Waals surface area contributed by atoms with E-state index in [-0.39, 0.29) is 5.91 Å². The lowest BCUT2D eigenvalue weighted by molar-refractivity contribution is 0.0933. The van der Waals surface area contributed by atoms with Gasteiger partial charge >= 0.3 is 0 Å². The van der Waals surface area contributed by atoms with Crippen molar-refractivity contribution in [2.24, 2.45) is 0 Å². The molecule has 5 heteroatoms. The highest BCUT2D eigenvalue weighted by Gasteiger charge is 2.20. The van der Waals surface area contributed by atoms with Crippen LogP contribution in [-0.4, -0.2) is 29.2 Å². The van der Waals surface area contributed by atoms with E-state index in [1.165, 1.54) is 12.8 Å². The first-order valence-corrected chi connectivity index (χ1v) is 5.33. The summed E-state index contributed by atoms with van der Waals surface area (Å²) in [6.07, 6.45) is 6.29. The number of hydrogen-bond acceptors (Lipinski definition) is 3. The van der Waals surface area contributed by atoms with E-state index in [2.05, 4.69) is 20.8 Å². The topological polar surface area (TPSA) is 69.8 Å². The molecule has 82 valence electrons. The van der Waals surface area contributed by atoms with Gasteiger partial charge in [0.25, 0.3) is 5.91 Å². The minimum absolute atomic E-state index is 0.0903. The van der Waals surface area contributed by atoms with E-state index in [0.29, 0.717) is 11.7 Å². The Morgan fingerprint density at radius 1 is 1.53 bits per heavy atom. The van der Waals surface area contributed by atoms with Gasteiger partial charge in [-0.25, -0.2) is 0 Å². The molecular weight excluding hydrogens is 192 g/mol. The van der Waals surface area contributed by atoms with Crippen LogP contribution < -0.4 is 10.6 Å². The van der Waals surface area contributed by atoms with E-state index in [4.69, 9.17) is 0 Å². The molecule has 1 aromatic rings. The Morgan fingerprint density at radius 3 is 2.93 bits per heavy atom. The van der Waals surface area contributed by atoms with Crippen LogP contribution >= 0.6 is 0 Å². The molecule has 0 radical (unpaired) electrons. The van der Waals surface area contributed by atoms with Gasteiger partial charge in [-0.2, -0.15) is 5.10 Å². The maximum atomic E-state index is 11.8. The van der Waals surface area contributed by atoms with Crippen molar-refractivity contribution in [3.8, 4) is 0 Å². The quantitative estimate of drug-likeness (QED) is 0.697. The van der Waals surface area contributed by atoms with Crippen molar-refractivity contribution < 1.29 is 4.79 Å². The number of rotatable bonds is 3. The van der Waals surface area contributed by atoms with Gasteiger partial charge in [-0.1, -0.05) is 12.8 Å². The molecule has 0 aliphatic heterocycles. The molecule has 3 N–H and O–H groups in total. The van der Waals surface area contributed by atoms with Gasteiger partial charge in [-0.15, -0.1) is 0 Å². The molecule has 0 unspecified atom stereocenters. The average Bonchev–Trinajstić information content (AvgIpc) is 2.86. The van der Waals surface area contributed by atoms with Gasteiger partial charge in [0.2, 0.25) is 0 Å². The summed E-state index contributed by atoms with van der Waals surface area (Å²) in [4.78, 5) is 11.8. The third-order valence-electron chi connectivity index (χ3n) is 2.82. The van der Waals surface area contributed by atoms with Crippen LogP contribution in [0.4, 0.5) is 5.69 Å². The molecule has 0 atom stereocenters. The summed E-state index contributed by atoms with van der Waals surface area (Å²) < 4.78 is 0. The van der Waals surface area contributed by atoms with Crippen LogP contribution in [0.25, 0.3) is 0 Å². The SMILES string of the molecule is CNc1c[nH]nc1C(=O)NC1CCCC1. The average molecular weight is 208 g/mol. The van der Waals surface area contributed by atoms with Gasteiger partial charge in [0, 0.05) is 19.3 Å². The minimum Gasteiger partial charge on any atom is -0.385 e. The molecule has 0 aromatic carbocycles. The Hall–Kier alpha value is -1.52. The molecule has 1 fully saturated rings. The standard InChI is InChI=1S/C10H16N4O/c1-11-8-6-12-14-9(8)10(15)13-7-4-2-3-5-7/h6-7,11H,2-5H2,1H3,(H,12,14)(H,13,15). The second-order valence-electron chi connectivity index (χ2n) is 3.85. The van der Waals surface area contributed by atoms with Crippen LogP contribution in [0.2, 0.25) is 0 Å². The first-order chi connectivity index (χ1) is 7.31. The summed E-state index contributed by atoms with van der Waals surface area (Å²) >= 11 is 0. The minimum atomic E-state index is -0.0903. The van der Waals surface area contributed by atoms with Crippen LogP contribution in [0.3, 0.4) is 0 Å². The largest absolute Gasteiger partial charge is 0.385 e. The highest BCUT2D eigenvalue weighted by molar-refractivity contribution is 5.97. The molecule has 1 aliphatic carbocycles. The molecule has 0 saturated heterocycles. The van der Waals surface area contributed by atoms with E-state index in [1.54, 1.807) is 13.2 Å². The van der Waals surface area contributed by atoms with E-state index < -0.39 is 0 Å². The fourth-order valence-electron chi connectivity index (χ4n) is 1.98. The third-order valence-corrected chi connectivity index (χ3v) is 2.82. The predicted octanol–water partition coefficient (Wildman–Crippen LogP) is 1.12. The van der Waals surface area contributed by atoms with Crippen LogP contribution in [0, 0.1) is 0 Å². The Bertz CT molecular complexity index is 341. The van der Waals surface area contributed by atoms with Crippen molar-refractivity contribution in [2.45, 2.75) is 31.7 Å². The number of nitrogens with zero attached hydrogens (tertiary/aromatic N) is 1. The van der Waals surface area contributed by atoms with Crippen molar-refractivity contribution in [3.63, 3.8) is 0 Å². The summed E-state index contributed by atoms with van der Waals surface area (Å²) in [6, 6.07) is 0.332. The van der Waals surface area contributed by atoms with Crippen molar-refractivity contribution >= 4 is 11.6 Å². The van der Waals surface area contributed by atoms with Gasteiger partial charge in [-0.05, 0) is 12.8 Å². The second-order valence-corrected chi connectivity index (χ2v) is 3.85. The van der Waals surface area contributed by atoms with E-state index in [0.717, 1.165) is 18.5 Å². The monoisotopic (exact) mass is 208 g/mol. The number of anilines is 1. The molecular formula is C10H16N4O.